The van der Waals surface area contributed by atoms with Crippen molar-refractivity contribution in [1.82, 2.24) is 0 Å². The summed E-state index contributed by atoms with van der Waals surface area (Å²) in [4.78, 5) is 0. The third-order valence-corrected chi connectivity index (χ3v) is 1.70. The topological polar surface area (TPSA) is 0 Å². The molecule has 0 heteroatoms. The first-order chi connectivity index (χ1) is 5.11. The number of hydrogen-bond donors (Lipinski definition) is 0. The van der Waals surface area contributed by atoms with E-state index >= 15 is 0 Å². The Morgan fingerprint density at radius 1 is 1.36 bits per heavy atom. The van der Waals surface area contributed by atoms with Gasteiger partial charge in [-0.15, -0.1) is 0 Å². The maximum Gasteiger partial charge on any atom is -0.0308 e. The summed E-state index contributed by atoms with van der Waals surface area (Å²) in [5.74, 6) is 0. The monoisotopic (exact) mass is 150 g/mol. The fraction of sp³-hybridized carbons (Fsp3) is 0.455. The van der Waals surface area contributed by atoms with Crippen molar-refractivity contribution < 1.29 is 0 Å². The van der Waals surface area contributed by atoms with E-state index in [-0.39, 0.29) is 0 Å². The summed E-state index contributed by atoms with van der Waals surface area (Å²) in [6.07, 6.45) is 5.39. The first-order valence-electron chi connectivity index (χ1n) is 4.11. The molecule has 0 saturated heterocycles. The highest BCUT2D eigenvalue weighted by Gasteiger charge is 1.93. The van der Waals surface area contributed by atoms with Gasteiger partial charge in [-0.3, -0.25) is 0 Å². The lowest BCUT2D eigenvalue weighted by Gasteiger charge is -2.03. The van der Waals surface area contributed by atoms with Crippen LogP contribution in [-0.4, -0.2) is 0 Å². The van der Waals surface area contributed by atoms with Crippen molar-refractivity contribution in [3.63, 3.8) is 0 Å². The number of hydrogen-bond acceptors (Lipinski definition) is 0. The molecule has 0 unspecified atom stereocenters. The smallest absolute Gasteiger partial charge is 0.0308 e. The maximum absolute atomic E-state index is 3.84. The number of rotatable bonds is 3. The lowest BCUT2D eigenvalue weighted by molar-refractivity contribution is 1.09. The zero-order valence-electron chi connectivity index (χ0n) is 8.07. The minimum absolute atomic E-state index is 1.10. The molecule has 0 aromatic carbocycles. The van der Waals surface area contributed by atoms with Crippen LogP contribution in [0.15, 0.2) is 35.5 Å². The maximum atomic E-state index is 3.84. The molecule has 0 atom stereocenters. The van der Waals surface area contributed by atoms with Gasteiger partial charge in [-0.05, 0) is 38.3 Å². The zero-order valence-corrected chi connectivity index (χ0v) is 8.07. The largest absolute Gasteiger partial charge is 0.0961 e. The first kappa shape index (κ1) is 10.2. The lowest BCUT2D eigenvalue weighted by Crippen LogP contribution is -1.82. The van der Waals surface area contributed by atoms with Crippen LogP contribution in [0, 0.1) is 0 Å². The summed E-state index contributed by atoms with van der Waals surface area (Å²) < 4.78 is 0. The molecule has 0 spiro atoms. The molecule has 0 aromatic rings. The Bertz CT molecular complexity index is 192. The highest BCUT2D eigenvalue weighted by atomic mass is 14.0. The predicted molar refractivity (Wildman–Crippen MR) is 52.6 cm³/mol. The van der Waals surface area contributed by atoms with Gasteiger partial charge in [-0.25, -0.2) is 0 Å². The van der Waals surface area contributed by atoms with E-state index in [1.54, 1.807) is 0 Å². The van der Waals surface area contributed by atoms with Crippen LogP contribution in [0.4, 0.5) is 0 Å². The fourth-order valence-electron chi connectivity index (χ4n) is 1.17. The second kappa shape index (κ2) is 4.95. The minimum Gasteiger partial charge on any atom is -0.0961 e. The SMILES string of the molecule is C=C(C)/C=C(C)\C(=C/C)CC. The van der Waals surface area contributed by atoms with E-state index in [1.165, 1.54) is 11.1 Å². The molecule has 0 aliphatic carbocycles. The van der Waals surface area contributed by atoms with E-state index in [2.05, 4.69) is 39.5 Å². The summed E-state index contributed by atoms with van der Waals surface area (Å²) in [5, 5.41) is 0. The Morgan fingerprint density at radius 3 is 2.18 bits per heavy atom. The molecule has 0 radical (unpaired) electrons. The standard InChI is InChI=1S/C11H18/c1-6-11(7-2)10(5)8-9(3)4/h6,8H,3,7H2,1-2,4-5H3/b10-8-,11-6-. The van der Waals surface area contributed by atoms with E-state index in [9.17, 15) is 0 Å². The second-order valence-corrected chi connectivity index (χ2v) is 2.84. The Balaban J connectivity index is 4.45. The van der Waals surface area contributed by atoms with Crippen LogP contribution in [0.25, 0.3) is 0 Å². The van der Waals surface area contributed by atoms with Crippen LogP contribution in [0.2, 0.25) is 0 Å². The van der Waals surface area contributed by atoms with Gasteiger partial charge in [0.15, 0.2) is 0 Å². The predicted octanol–water partition coefficient (Wildman–Crippen LogP) is 3.87. The molecule has 0 fully saturated rings. The van der Waals surface area contributed by atoms with Crippen LogP contribution in [0.5, 0.6) is 0 Å². The van der Waals surface area contributed by atoms with Gasteiger partial charge in [0, 0.05) is 0 Å². The quantitative estimate of drug-likeness (QED) is 0.536. The molecular weight excluding hydrogens is 132 g/mol. The molecule has 0 amide bonds. The third-order valence-electron chi connectivity index (χ3n) is 1.70. The molecule has 0 bridgehead atoms. The van der Waals surface area contributed by atoms with Gasteiger partial charge in [0.25, 0.3) is 0 Å². The molecule has 0 aromatic heterocycles. The molecule has 0 aliphatic heterocycles. The molecule has 62 valence electrons. The zero-order chi connectivity index (χ0) is 8.85. The Hall–Kier alpha value is -0.780. The summed E-state index contributed by atoms with van der Waals surface area (Å²) in [5.41, 5.74) is 3.87. The van der Waals surface area contributed by atoms with Crippen LogP contribution in [0.3, 0.4) is 0 Å². The average molecular weight is 150 g/mol. The van der Waals surface area contributed by atoms with Gasteiger partial charge in [-0.1, -0.05) is 31.2 Å². The van der Waals surface area contributed by atoms with Crippen molar-refractivity contribution in [3.8, 4) is 0 Å². The van der Waals surface area contributed by atoms with Crippen molar-refractivity contribution >= 4 is 0 Å². The summed E-state index contributed by atoms with van der Waals surface area (Å²) in [7, 11) is 0. The van der Waals surface area contributed by atoms with Gasteiger partial charge in [0.1, 0.15) is 0 Å². The Morgan fingerprint density at radius 2 is 1.91 bits per heavy atom. The van der Waals surface area contributed by atoms with Crippen molar-refractivity contribution in [2.75, 3.05) is 0 Å². The lowest BCUT2D eigenvalue weighted by atomic mass is 10.0. The van der Waals surface area contributed by atoms with Gasteiger partial charge in [0.05, 0.1) is 0 Å². The van der Waals surface area contributed by atoms with E-state index in [0.29, 0.717) is 0 Å². The van der Waals surface area contributed by atoms with Crippen LogP contribution >= 0.6 is 0 Å². The van der Waals surface area contributed by atoms with Crippen LogP contribution < -0.4 is 0 Å². The van der Waals surface area contributed by atoms with Crippen molar-refractivity contribution in [1.29, 1.82) is 0 Å². The van der Waals surface area contributed by atoms with Gasteiger partial charge in [0.2, 0.25) is 0 Å². The van der Waals surface area contributed by atoms with Crippen LogP contribution in [-0.2, 0) is 0 Å². The van der Waals surface area contributed by atoms with E-state index in [1.807, 2.05) is 6.92 Å². The molecule has 0 saturated carbocycles. The van der Waals surface area contributed by atoms with Gasteiger partial charge < -0.3 is 0 Å². The van der Waals surface area contributed by atoms with E-state index in [0.717, 1.165) is 12.0 Å². The third kappa shape index (κ3) is 3.82. The second-order valence-electron chi connectivity index (χ2n) is 2.84. The molecule has 11 heavy (non-hydrogen) atoms. The summed E-state index contributed by atoms with van der Waals surface area (Å²) >= 11 is 0. The normalized spacial score (nSPS) is 13.5. The van der Waals surface area contributed by atoms with Crippen molar-refractivity contribution in [3.05, 3.63) is 35.5 Å². The molecule has 0 heterocycles. The van der Waals surface area contributed by atoms with Crippen LogP contribution in [0.1, 0.15) is 34.1 Å². The summed E-state index contributed by atoms with van der Waals surface area (Å²) in [6.45, 7) is 12.2. The average Bonchev–Trinajstić information content (AvgIpc) is 1.88. The molecule has 0 N–H and O–H groups in total. The van der Waals surface area contributed by atoms with Crippen molar-refractivity contribution in [2.45, 2.75) is 34.1 Å². The molecule has 0 rings (SSSR count). The van der Waals surface area contributed by atoms with E-state index < -0.39 is 0 Å². The highest BCUT2D eigenvalue weighted by molar-refractivity contribution is 5.33. The molecule has 0 nitrogen and oxygen atoms in total. The first-order valence-corrected chi connectivity index (χ1v) is 4.11. The molecule has 0 aliphatic rings. The number of allylic oxidation sites excluding steroid dienone is 5. The fourth-order valence-corrected chi connectivity index (χ4v) is 1.17. The molecular formula is C11H18. The Labute approximate surface area is 70.3 Å². The Kier molecular flexibility index (Phi) is 4.60. The van der Waals surface area contributed by atoms with Gasteiger partial charge >= 0.3 is 0 Å². The summed E-state index contributed by atoms with van der Waals surface area (Å²) in [6, 6.07) is 0. The van der Waals surface area contributed by atoms with Crippen molar-refractivity contribution in [2.24, 2.45) is 0 Å². The van der Waals surface area contributed by atoms with E-state index in [4.69, 9.17) is 0 Å². The minimum atomic E-state index is 1.10. The van der Waals surface area contributed by atoms with Gasteiger partial charge in [-0.2, -0.15) is 0 Å². The highest BCUT2D eigenvalue weighted by Crippen LogP contribution is 2.14.